The third-order valence-electron chi connectivity index (χ3n) is 20.0. The Kier molecular flexibility index (Phi) is 15.2. The Morgan fingerprint density at radius 3 is 2.48 bits per heavy atom. The first-order chi connectivity index (χ1) is 38.6. The Morgan fingerprint density at radius 1 is 0.823 bits per heavy atom. The minimum Gasteiger partial charge on any atom is -0.482 e. The monoisotopic (exact) mass is 1070 g/mol. The molecule has 1 spiro atoms. The maximum atomic E-state index is 15.6. The molecular formula is C68H76O11. The molecule has 4 aromatic carbocycles. The summed E-state index contributed by atoms with van der Waals surface area (Å²) >= 11 is 0. The van der Waals surface area contributed by atoms with E-state index in [1.165, 1.54) is 55.0 Å². The van der Waals surface area contributed by atoms with Crippen molar-refractivity contribution in [3.8, 4) is 5.75 Å². The van der Waals surface area contributed by atoms with E-state index in [9.17, 15) is 20.1 Å². The van der Waals surface area contributed by atoms with E-state index in [4.69, 9.17) is 23.4 Å². The van der Waals surface area contributed by atoms with Gasteiger partial charge in [-0.1, -0.05) is 123 Å². The molecule has 414 valence electrons. The number of carbonyl (C=O) groups is 2. The summed E-state index contributed by atoms with van der Waals surface area (Å²) in [5.41, 5.74) is 7.34. The number of carbonyl (C=O) groups excluding carboxylic acids is 2. The minimum atomic E-state index is -1.32. The highest BCUT2D eigenvalue weighted by Crippen LogP contribution is 2.58. The topological polar surface area (TPSA) is 162 Å². The quantitative estimate of drug-likeness (QED) is 0.0557. The zero-order valence-electron chi connectivity index (χ0n) is 45.8. The number of rotatable bonds is 9. The molecule has 11 nitrogen and oxygen atoms in total. The van der Waals surface area contributed by atoms with Gasteiger partial charge in [0.1, 0.15) is 11.3 Å². The normalized spacial score (nSPS) is 30.4. The number of aliphatic hydroxyl groups excluding tert-OH is 3. The number of benzene rings is 4. The molecule has 2 fully saturated rings. The lowest BCUT2D eigenvalue weighted by Crippen LogP contribution is -2.62. The molecule has 11 heteroatoms. The Hall–Kier alpha value is -6.11. The second kappa shape index (κ2) is 22.4. The summed E-state index contributed by atoms with van der Waals surface area (Å²) in [5.74, 6) is -1.13. The van der Waals surface area contributed by atoms with Gasteiger partial charge in [0.15, 0.2) is 17.8 Å². The second-order valence-electron chi connectivity index (χ2n) is 24.0. The van der Waals surface area contributed by atoms with Gasteiger partial charge >= 0.3 is 17.6 Å². The van der Waals surface area contributed by atoms with Crippen molar-refractivity contribution in [1.82, 2.24) is 0 Å². The van der Waals surface area contributed by atoms with Gasteiger partial charge in [-0.3, -0.25) is 4.79 Å². The van der Waals surface area contributed by atoms with Crippen LogP contribution in [0, 0.1) is 23.7 Å². The number of methoxy groups -OCH3 is 1. The molecule has 5 aliphatic carbocycles. The van der Waals surface area contributed by atoms with Crippen LogP contribution in [0.2, 0.25) is 0 Å². The van der Waals surface area contributed by atoms with Crippen LogP contribution in [0.3, 0.4) is 0 Å². The SMILES string of the molecule is COCC(CCO)c1c(CO)c2ccc3c(c2oc1=O)C1OC(=O)CC2CC(c4cccc(C56CCCCC5CCc5ccccc56)c4)C=CC2c2ccc(cc2)CCC(=C(C)CO)C(=O)OC1C1(CC=CC2CCCCC21)O3. The maximum Gasteiger partial charge on any atom is 0.340 e. The summed E-state index contributed by atoms with van der Waals surface area (Å²) in [7, 11) is 1.52. The van der Waals surface area contributed by atoms with Gasteiger partial charge < -0.3 is 38.7 Å². The standard InChI is InChI=1S/C68H76O11/c1-41(38-70)52-27-21-42-19-22-43(23-20-42)53-28-25-47(46-13-9-16-51(36-46)67-32-8-7-15-50(67)26-24-45-12-3-5-17-56(45)67)35-49(53)37-59(72)76-63-61-58(79-68(64(63)78-65(52)73)33-10-14-44-11-4-6-18-57(44)68)30-29-54-55(39-71)60(66(74)77-62(54)61)48(31-34-69)40-75-2/h3,5,9-10,12-14,16-17,19-20,22-23,25,28-30,36,44,47-50,53,57,63-64,69-71H,4,6-8,11,15,18,21,24,26-27,31-35,37-40H2,1-2H3. The average molecular weight is 1070 g/mol. The Bertz CT molecular complexity index is 3250. The van der Waals surface area contributed by atoms with Crippen LogP contribution in [0.1, 0.15) is 171 Å². The zero-order valence-corrected chi connectivity index (χ0v) is 45.8. The molecule has 11 atom stereocenters. The van der Waals surface area contributed by atoms with Gasteiger partial charge in [0.05, 0.1) is 25.4 Å². The Morgan fingerprint density at radius 2 is 1.66 bits per heavy atom. The minimum absolute atomic E-state index is 0.0197. The second-order valence-corrected chi connectivity index (χ2v) is 24.0. The number of fused-ring (bicyclic) bond motifs is 16. The number of allylic oxidation sites excluding steroid dienone is 3. The van der Waals surface area contributed by atoms with Crippen LogP contribution in [-0.4, -0.2) is 65.9 Å². The van der Waals surface area contributed by atoms with E-state index < -0.39 is 47.9 Å². The Labute approximate surface area is 463 Å². The lowest BCUT2D eigenvalue weighted by molar-refractivity contribution is -0.208. The van der Waals surface area contributed by atoms with E-state index in [0.717, 1.165) is 49.7 Å². The van der Waals surface area contributed by atoms with Crippen LogP contribution in [0.4, 0.5) is 0 Å². The summed E-state index contributed by atoms with van der Waals surface area (Å²) in [6.45, 7) is 0.720. The van der Waals surface area contributed by atoms with Crippen LogP contribution in [-0.2, 0) is 48.7 Å². The lowest BCUT2D eigenvalue weighted by atomic mass is 9.54. The van der Waals surface area contributed by atoms with Crippen molar-refractivity contribution in [2.45, 2.75) is 157 Å². The summed E-state index contributed by atoms with van der Waals surface area (Å²) in [4.78, 5) is 45.4. The van der Waals surface area contributed by atoms with Gasteiger partial charge in [0.2, 0.25) is 0 Å². The number of aliphatic hydroxyl groups is 3. The molecule has 2 bridgehead atoms. The summed E-state index contributed by atoms with van der Waals surface area (Å²) in [5, 5.41) is 32.3. The van der Waals surface area contributed by atoms with Gasteiger partial charge in [0, 0.05) is 72.2 Å². The molecule has 3 N–H and O–H groups in total. The van der Waals surface area contributed by atoms with E-state index >= 15 is 9.59 Å². The van der Waals surface area contributed by atoms with E-state index in [2.05, 4.69) is 97.1 Å². The predicted molar refractivity (Wildman–Crippen MR) is 302 cm³/mol. The molecule has 13 rings (SSSR count). The molecule has 5 aromatic rings. The van der Waals surface area contributed by atoms with Crippen molar-refractivity contribution >= 4 is 22.9 Å². The van der Waals surface area contributed by atoms with E-state index in [1.54, 1.807) is 19.1 Å². The fraction of sp³-hybridized carbons (Fsp3) is 0.485. The van der Waals surface area contributed by atoms with Gasteiger partial charge in [-0.25, -0.2) is 9.59 Å². The van der Waals surface area contributed by atoms with Crippen molar-refractivity contribution < 1.29 is 48.3 Å². The van der Waals surface area contributed by atoms with E-state index in [1.807, 2.05) is 0 Å². The van der Waals surface area contributed by atoms with Crippen molar-refractivity contribution in [3.63, 3.8) is 0 Å². The summed E-state index contributed by atoms with van der Waals surface area (Å²) < 4.78 is 33.3. The van der Waals surface area contributed by atoms with Crippen molar-refractivity contribution in [3.05, 3.63) is 181 Å². The molecule has 8 aliphatic rings. The largest absolute Gasteiger partial charge is 0.482 e. The molecule has 0 amide bonds. The molecule has 2 saturated carbocycles. The highest BCUT2D eigenvalue weighted by atomic mass is 16.6. The average Bonchev–Trinajstić information content (AvgIpc) is 3.51. The third-order valence-corrected chi connectivity index (χ3v) is 20.0. The molecule has 11 unspecified atom stereocenters. The van der Waals surface area contributed by atoms with Crippen LogP contribution >= 0.6 is 0 Å². The summed E-state index contributed by atoms with van der Waals surface area (Å²) in [6, 6.07) is 30.5. The van der Waals surface area contributed by atoms with Crippen molar-refractivity contribution in [2.75, 3.05) is 26.9 Å². The number of ether oxygens (including phenoxy) is 4. The first-order valence-corrected chi connectivity index (χ1v) is 29.4. The number of hydrogen-bond acceptors (Lipinski definition) is 11. The fourth-order valence-corrected chi connectivity index (χ4v) is 16.2. The lowest BCUT2D eigenvalue weighted by Gasteiger charge is -2.54. The molecule has 0 radical (unpaired) electrons. The number of esters is 2. The number of hydrogen-bond donors (Lipinski definition) is 3. The van der Waals surface area contributed by atoms with Gasteiger partial charge in [-0.05, 0) is 146 Å². The van der Waals surface area contributed by atoms with E-state index in [-0.39, 0.29) is 90.8 Å². The van der Waals surface area contributed by atoms with E-state index in [0.29, 0.717) is 53.0 Å². The van der Waals surface area contributed by atoms with Crippen LogP contribution < -0.4 is 10.4 Å². The fourth-order valence-electron chi connectivity index (χ4n) is 16.2. The predicted octanol–water partition coefficient (Wildman–Crippen LogP) is 12.0. The van der Waals surface area contributed by atoms with Gasteiger partial charge in [-0.15, -0.1) is 0 Å². The van der Waals surface area contributed by atoms with Crippen LogP contribution in [0.25, 0.3) is 11.0 Å². The molecule has 79 heavy (non-hydrogen) atoms. The highest BCUT2D eigenvalue weighted by molar-refractivity contribution is 5.90. The van der Waals surface area contributed by atoms with Gasteiger partial charge in [-0.2, -0.15) is 0 Å². The van der Waals surface area contributed by atoms with Crippen molar-refractivity contribution in [2.24, 2.45) is 23.7 Å². The first-order valence-electron chi connectivity index (χ1n) is 29.4. The van der Waals surface area contributed by atoms with Crippen LogP contribution in [0.15, 0.2) is 130 Å². The zero-order chi connectivity index (χ0) is 54.4. The summed E-state index contributed by atoms with van der Waals surface area (Å²) in [6.07, 6.45) is 19.3. The first kappa shape index (κ1) is 53.5. The van der Waals surface area contributed by atoms with Crippen molar-refractivity contribution in [1.29, 1.82) is 0 Å². The molecule has 0 saturated heterocycles. The van der Waals surface area contributed by atoms with Crippen LogP contribution in [0.5, 0.6) is 5.75 Å². The molecule has 4 heterocycles. The molecule has 1 aromatic heterocycles. The molecule has 3 aliphatic heterocycles. The third kappa shape index (κ3) is 9.54. The highest BCUT2D eigenvalue weighted by Gasteiger charge is 2.61. The Balaban J connectivity index is 0.995. The maximum absolute atomic E-state index is 15.6. The number of aryl methyl sites for hydroxylation is 2. The smallest absolute Gasteiger partial charge is 0.340 e. The van der Waals surface area contributed by atoms with Gasteiger partial charge in [0.25, 0.3) is 0 Å². The molecular weight excluding hydrogens is 993 g/mol.